The van der Waals surface area contributed by atoms with Gasteiger partial charge in [0.05, 0.1) is 6.54 Å². The molecule has 0 unspecified atom stereocenters. The zero-order valence-corrected chi connectivity index (χ0v) is 30.4. The van der Waals surface area contributed by atoms with E-state index in [1.165, 1.54) is 50.8 Å². The van der Waals surface area contributed by atoms with Crippen molar-refractivity contribution in [2.75, 3.05) is 37.6 Å². The third-order valence-corrected chi connectivity index (χ3v) is 9.65. The summed E-state index contributed by atoms with van der Waals surface area (Å²) in [5.41, 5.74) is 4.74. The molecule has 0 aromatic heterocycles. The number of carboxylic acids is 2. The molecule has 2 N–H and O–H groups in total. The Morgan fingerprint density at radius 3 is 1.73 bits per heavy atom. The molecule has 2 amide bonds. The topological polar surface area (TPSA) is 122 Å². The number of aliphatic carboxylic acids is 2. The predicted molar refractivity (Wildman–Crippen MR) is 191 cm³/mol. The van der Waals surface area contributed by atoms with Crippen molar-refractivity contribution in [2.24, 2.45) is 0 Å². The van der Waals surface area contributed by atoms with Crippen LogP contribution in [-0.2, 0) is 34.0 Å². The number of hydrogen-bond acceptors (Lipinski definition) is 6. The van der Waals surface area contributed by atoms with Crippen LogP contribution in [0, 0.1) is 0 Å². The third kappa shape index (κ3) is 13.0. The number of hydrogen-bond donors (Lipinski definition) is 2. The predicted octanol–water partition coefficient (Wildman–Crippen LogP) is 7.25. The van der Waals surface area contributed by atoms with Crippen LogP contribution in [0.5, 0.6) is 0 Å². The van der Waals surface area contributed by atoms with Gasteiger partial charge < -0.3 is 20.0 Å². The molecule has 10 nitrogen and oxygen atoms in total. The van der Waals surface area contributed by atoms with Gasteiger partial charge in [0.2, 0.25) is 5.91 Å². The summed E-state index contributed by atoms with van der Waals surface area (Å²) in [5, 5.41) is 14.8. The second kappa shape index (κ2) is 19.3. The number of anilines is 1. The lowest BCUT2D eigenvalue weighted by molar-refractivity contribution is -0.193. The molecule has 3 aromatic carbocycles. The lowest BCUT2D eigenvalue weighted by Gasteiger charge is -2.40. The lowest BCUT2D eigenvalue weighted by atomic mass is 9.94. The fourth-order valence-corrected chi connectivity index (χ4v) is 6.69. The second-order valence-electron chi connectivity index (χ2n) is 13.3. The molecule has 0 radical (unpaired) electrons. The zero-order chi connectivity index (χ0) is 40.3. The normalized spacial score (nSPS) is 17.2. The molecule has 298 valence electrons. The SMILES string of the molecule is O=C(O)C(F)(F)F.O=C(O)C(F)(F)F.O=C(c1ccc(Cl)cc1)N1CC(=O)N(Cc2ccc(CN3CCN(C4CCCCC4)CC3)cc2)c2ccccc2C1. The van der Waals surface area contributed by atoms with Crippen molar-refractivity contribution in [1.29, 1.82) is 0 Å². The van der Waals surface area contributed by atoms with Crippen molar-refractivity contribution in [3.8, 4) is 0 Å². The van der Waals surface area contributed by atoms with E-state index >= 15 is 0 Å². The van der Waals surface area contributed by atoms with Gasteiger partial charge in [-0.3, -0.25) is 19.4 Å². The highest BCUT2D eigenvalue weighted by atomic mass is 35.5. The number of halogens is 7. The van der Waals surface area contributed by atoms with Crippen molar-refractivity contribution in [3.63, 3.8) is 0 Å². The molecule has 1 aliphatic carbocycles. The Balaban J connectivity index is 0.000000410. The van der Waals surface area contributed by atoms with Crippen LogP contribution in [0.25, 0.3) is 0 Å². The van der Waals surface area contributed by atoms with E-state index in [-0.39, 0.29) is 18.4 Å². The Bertz CT molecular complexity index is 1740. The number of carboxylic acid groups (broad SMARTS) is 2. The van der Waals surface area contributed by atoms with E-state index < -0.39 is 24.3 Å². The molecule has 2 heterocycles. The van der Waals surface area contributed by atoms with Gasteiger partial charge in [-0.15, -0.1) is 0 Å². The van der Waals surface area contributed by atoms with Crippen LogP contribution in [0.15, 0.2) is 72.8 Å². The van der Waals surface area contributed by atoms with Gasteiger partial charge in [0.1, 0.15) is 6.54 Å². The molecule has 6 rings (SSSR count). The molecule has 2 fully saturated rings. The number of carbonyl (C=O) groups excluding carboxylic acids is 2. The summed E-state index contributed by atoms with van der Waals surface area (Å²) in [7, 11) is 0. The van der Waals surface area contributed by atoms with Crippen LogP contribution < -0.4 is 4.90 Å². The van der Waals surface area contributed by atoms with Gasteiger partial charge in [-0.1, -0.05) is 73.3 Å². The number of fused-ring (bicyclic) bond motifs is 1. The highest BCUT2D eigenvalue weighted by Crippen LogP contribution is 2.29. The lowest BCUT2D eigenvalue weighted by Crippen LogP contribution is -2.50. The molecule has 3 aliphatic rings. The summed E-state index contributed by atoms with van der Waals surface area (Å²) in [4.78, 5) is 53.4. The van der Waals surface area contributed by atoms with E-state index in [4.69, 9.17) is 31.4 Å². The van der Waals surface area contributed by atoms with Crippen LogP contribution in [-0.4, -0.2) is 99.8 Å². The van der Waals surface area contributed by atoms with Gasteiger partial charge in [0.25, 0.3) is 5.91 Å². The Morgan fingerprint density at radius 1 is 0.691 bits per heavy atom. The van der Waals surface area contributed by atoms with Gasteiger partial charge in [0, 0.05) is 61.6 Å². The summed E-state index contributed by atoms with van der Waals surface area (Å²) >= 11 is 6.02. The molecule has 2 aliphatic heterocycles. The van der Waals surface area contributed by atoms with Gasteiger partial charge in [-0.2, -0.15) is 26.3 Å². The minimum Gasteiger partial charge on any atom is -0.475 e. The Labute approximate surface area is 318 Å². The Morgan fingerprint density at radius 2 is 1.20 bits per heavy atom. The van der Waals surface area contributed by atoms with Crippen LogP contribution >= 0.6 is 11.6 Å². The van der Waals surface area contributed by atoms with E-state index in [2.05, 4.69) is 34.1 Å². The van der Waals surface area contributed by atoms with E-state index in [0.29, 0.717) is 23.7 Å². The molecule has 0 atom stereocenters. The molecule has 0 spiro atoms. The van der Waals surface area contributed by atoms with Gasteiger partial charge in [0.15, 0.2) is 0 Å². The monoisotopic (exact) mass is 798 g/mol. The summed E-state index contributed by atoms with van der Waals surface area (Å²) in [6, 6.07) is 24.2. The van der Waals surface area contributed by atoms with Crippen LogP contribution in [0.1, 0.15) is 59.2 Å². The molecule has 17 heteroatoms. The van der Waals surface area contributed by atoms with Crippen LogP contribution in [0.3, 0.4) is 0 Å². The number of piperazine rings is 1. The first-order valence-corrected chi connectivity index (χ1v) is 17.9. The quantitative estimate of drug-likeness (QED) is 0.251. The number of rotatable bonds is 6. The summed E-state index contributed by atoms with van der Waals surface area (Å²) in [6.45, 7) is 6.46. The summed E-state index contributed by atoms with van der Waals surface area (Å²) in [5.74, 6) is -5.77. The van der Waals surface area contributed by atoms with Crippen LogP contribution in [0.2, 0.25) is 5.02 Å². The fourth-order valence-electron chi connectivity index (χ4n) is 6.57. The Hall–Kier alpha value is -4.67. The first-order valence-electron chi connectivity index (χ1n) is 17.5. The van der Waals surface area contributed by atoms with Crippen LogP contribution in [0.4, 0.5) is 32.0 Å². The summed E-state index contributed by atoms with van der Waals surface area (Å²) in [6.07, 6.45) is -3.21. The van der Waals surface area contributed by atoms with E-state index in [9.17, 15) is 35.9 Å². The molecule has 3 aromatic rings. The molecular formula is C38H41ClF6N4O6. The largest absolute Gasteiger partial charge is 0.490 e. The van der Waals surface area contributed by atoms with Gasteiger partial charge in [-0.25, -0.2) is 9.59 Å². The fraction of sp³-hybridized carbons (Fsp3) is 0.421. The first-order chi connectivity index (χ1) is 25.9. The average Bonchev–Trinajstić information content (AvgIpc) is 3.28. The third-order valence-electron chi connectivity index (χ3n) is 9.40. The van der Waals surface area contributed by atoms with Crippen molar-refractivity contribution in [2.45, 2.75) is 70.1 Å². The highest BCUT2D eigenvalue weighted by Gasteiger charge is 2.39. The van der Waals surface area contributed by atoms with E-state index in [0.717, 1.165) is 42.5 Å². The standard InChI is InChI=1S/C34H39ClN4O2.2C2HF3O2/c35-30-16-14-28(15-17-30)34(41)38-24-29-6-4-5-9-32(29)39(33(40)25-38)23-27-12-10-26(11-13-27)22-36-18-20-37(21-19-36)31-7-2-1-3-8-31;2*3-2(4,5)1(6)7/h4-6,9-17,31H,1-3,7-8,18-25H2;2*(H,6,7). The number of para-hydroxylation sites is 1. The average molecular weight is 799 g/mol. The first kappa shape index (κ1) is 43.1. The molecular weight excluding hydrogens is 758 g/mol. The van der Waals surface area contributed by atoms with Gasteiger partial charge >= 0.3 is 24.3 Å². The second-order valence-corrected chi connectivity index (χ2v) is 13.7. The minimum absolute atomic E-state index is 0.0288. The van der Waals surface area contributed by atoms with Gasteiger partial charge in [-0.05, 0) is 59.9 Å². The van der Waals surface area contributed by atoms with Crippen molar-refractivity contribution in [1.82, 2.24) is 14.7 Å². The number of nitrogens with zero attached hydrogens (tertiary/aromatic N) is 4. The number of amides is 2. The van der Waals surface area contributed by atoms with Crippen molar-refractivity contribution < 1.29 is 55.7 Å². The number of benzene rings is 3. The minimum atomic E-state index is -5.08. The maximum atomic E-state index is 13.6. The molecule has 1 saturated heterocycles. The highest BCUT2D eigenvalue weighted by molar-refractivity contribution is 6.30. The zero-order valence-electron chi connectivity index (χ0n) is 29.7. The Kier molecular flexibility index (Phi) is 15.1. The van der Waals surface area contributed by atoms with Crippen molar-refractivity contribution >= 4 is 41.0 Å². The number of alkyl halides is 6. The maximum Gasteiger partial charge on any atom is 0.490 e. The van der Waals surface area contributed by atoms with Crippen molar-refractivity contribution in [3.05, 3.63) is 100 Å². The van der Waals surface area contributed by atoms with E-state index in [1.54, 1.807) is 29.2 Å². The molecule has 1 saturated carbocycles. The summed E-state index contributed by atoms with van der Waals surface area (Å²) < 4.78 is 63.5. The maximum absolute atomic E-state index is 13.6. The van der Waals surface area contributed by atoms with E-state index in [1.807, 2.05) is 29.2 Å². The molecule has 55 heavy (non-hydrogen) atoms. The smallest absolute Gasteiger partial charge is 0.475 e. The molecule has 0 bridgehead atoms. The number of carbonyl (C=O) groups is 4.